The fraction of sp³-hybridized carbons (Fsp3) is 0.462. The molecule has 0 unspecified atom stereocenters. The molecule has 0 saturated heterocycles. The van der Waals surface area contributed by atoms with Crippen molar-refractivity contribution in [2.75, 3.05) is 11.9 Å². The fourth-order valence-electron chi connectivity index (χ4n) is 1.79. The molecule has 18 heavy (non-hydrogen) atoms. The molecule has 96 valence electrons. The molecule has 0 aliphatic heterocycles. The van der Waals surface area contributed by atoms with Gasteiger partial charge in [0.15, 0.2) is 5.82 Å². The Hall–Kier alpha value is -1.91. The first-order chi connectivity index (χ1) is 8.65. The predicted molar refractivity (Wildman–Crippen MR) is 72.5 cm³/mol. The number of hydrogen-bond acceptors (Lipinski definition) is 4. The molecule has 1 N–H and O–H groups in total. The number of rotatable bonds is 4. The van der Waals surface area contributed by atoms with Crippen LogP contribution in [-0.2, 0) is 13.5 Å². The molecular weight excluding hydrogens is 226 g/mol. The Bertz CT molecular complexity index is 544. The van der Waals surface area contributed by atoms with Crippen molar-refractivity contribution in [1.82, 2.24) is 19.7 Å². The minimum Gasteiger partial charge on any atom is -0.370 e. The van der Waals surface area contributed by atoms with Gasteiger partial charge in [-0.3, -0.25) is 4.68 Å². The highest BCUT2D eigenvalue weighted by Gasteiger charge is 2.11. The van der Waals surface area contributed by atoms with Crippen molar-refractivity contribution in [3.63, 3.8) is 0 Å². The van der Waals surface area contributed by atoms with Crippen LogP contribution in [0.5, 0.6) is 0 Å². The molecule has 0 aromatic carbocycles. The molecule has 0 spiro atoms. The molecule has 0 aliphatic rings. The summed E-state index contributed by atoms with van der Waals surface area (Å²) in [6, 6.07) is 2.00. The van der Waals surface area contributed by atoms with E-state index in [0.29, 0.717) is 0 Å². The lowest BCUT2D eigenvalue weighted by Gasteiger charge is -2.07. The van der Waals surface area contributed by atoms with Gasteiger partial charge in [-0.05, 0) is 20.3 Å². The first-order valence-electron chi connectivity index (χ1n) is 6.26. The summed E-state index contributed by atoms with van der Waals surface area (Å²) in [5.41, 5.74) is 3.11. The van der Waals surface area contributed by atoms with Crippen molar-refractivity contribution in [2.45, 2.75) is 27.2 Å². The topological polar surface area (TPSA) is 55.6 Å². The Balaban J connectivity index is 2.49. The van der Waals surface area contributed by atoms with Crippen molar-refractivity contribution in [3.8, 4) is 11.4 Å². The van der Waals surface area contributed by atoms with E-state index in [2.05, 4.69) is 34.2 Å². The van der Waals surface area contributed by atoms with Gasteiger partial charge in [0.2, 0.25) is 0 Å². The van der Waals surface area contributed by atoms with Crippen molar-refractivity contribution in [2.24, 2.45) is 7.05 Å². The lowest BCUT2D eigenvalue weighted by atomic mass is 10.2. The van der Waals surface area contributed by atoms with Crippen LogP contribution in [0.4, 0.5) is 5.82 Å². The summed E-state index contributed by atoms with van der Waals surface area (Å²) in [6.07, 6.45) is 2.72. The van der Waals surface area contributed by atoms with Crippen molar-refractivity contribution >= 4 is 5.82 Å². The van der Waals surface area contributed by atoms with Crippen LogP contribution in [0, 0.1) is 6.92 Å². The third-order valence-corrected chi connectivity index (χ3v) is 2.98. The Kier molecular flexibility index (Phi) is 3.60. The first kappa shape index (κ1) is 12.5. The summed E-state index contributed by atoms with van der Waals surface area (Å²) in [5.74, 6) is 1.62. The van der Waals surface area contributed by atoms with Crippen molar-refractivity contribution < 1.29 is 0 Å². The average Bonchev–Trinajstić information content (AvgIpc) is 2.70. The summed E-state index contributed by atoms with van der Waals surface area (Å²) in [7, 11) is 1.92. The molecule has 2 aromatic rings. The van der Waals surface area contributed by atoms with Crippen molar-refractivity contribution in [1.29, 1.82) is 0 Å². The maximum atomic E-state index is 4.57. The third kappa shape index (κ3) is 2.34. The second-order valence-corrected chi connectivity index (χ2v) is 4.22. The minimum atomic E-state index is 0.746. The van der Waals surface area contributed by atoms with E-state index in [1.807, 2.05) is 30.9 Å². The molecule has 0 amide bonds. The van der Waals surface area contributed by atoms with E-state index in [1.165, 1.54) is 0 Å². The maximum Gasteiger partial charge on any atom is 0.165 e. The zero-order valence-electron chi connectivity index (χ0n) is 11.4. The van der Waals surface area contributed by atoms with Gasteiger partial charge < -0.3 is 5.32 Å². The minimum absolute atomic E-state index is 0.746. The number of nitrogens with zero attached hydrogens (tertiary/aromatic N) is 4. The van der Waals surface area contributed by atoms with Gasteiger partial charge in [0.05, 0.1) is 11.8 Å². The molecule has 0 atom stereocenters. The smallest absolute Gasteiger partial charge is 0.165 e. The van der Waals surface area contributed by atoms with Crippen LogP contribution in [0.1, 0.15) is 25.2 Å². The van der Waals surface area contributed by atoms with Crippen LogP contribution in [0.2, 0.25) is 0 Å². The number of aromatic nitrogens is 4. The molecular formula is C13H19N5. The molecule has 5 heteroatoms. The summed E-state index contributed by atoms with van der Waals surface area (Å²) < 4.78 is 1.84. The zero-order valence-corrected chi connectivity index (χ0v) is 11.4. The lowest BCUT2D eigenvalue weighted by molar-refractivity contribution is 0.740. The van der Waals surface area contributed by atoms with Crippen LogP contribution >= 0.6 is 0 Å². The Labute approximate surface area is 107 Å². The van der Waals surface area contributed by atoms with Gasteiger partial charge in [0.25, 0.3) is 0 Å². The van der Waals surface area contributed by atoms with Crippen LogP contribution in [0.15, 0.2) is 12.3 Å². The van der Waals surface area contributed by atoms with Gasteiger partial charge in [-0.2, -0.15) is 5.10 Å². The van der Waals surface area contributed by atoms with Gasteiger partial charge in [0.1, 0.15) is 5.82 Å². The highest BCUT2D eigenvalue weighted by Crippen LogP contribution is 2.21. The summed E-state index contributed by atoms with van der Waals surface area (Å²) in [6.45, 7) is 7.03. The molecule has 2 aromatic heterocycles. The standard InChI is InChI=1S/C13H19N5/c1-5-10-7-12(14-6-2)17-13(16-10)11-8-15-18(4)9(11)3/h7-8H,5-6H2,1-4H3,(H,14,16,17). The van der Waals surface area contributed by atoms with E-state index in [0.717, 1.165) is 41.6 Å². The molecule has 5 nitrogen and oxygen atoms in total. The molecule has 0 aliphatic carbocycles. The molecule has 0 saturated carbocycles. The van der Waals surface area contributed by atoms with Gasteiger partial charge in [-0.1, -0.05) is 6.92 Å². The molecule has 0 fully saturated rings. The van der Waals surface area contributed by atoms with E-state index in [4.69, 9.17) is 0 Å². The normalized spacial score (nSPS) is 10.7. The average molecular weight is 245 g/mol. The largest absolute Gasteiger partial charge is 0.370 e. The zero-order chi connectivity index (χ0) is 13.1. The maximum absolute atomic E-state index is 4.57. The van der Waals surface area contributed by atoms with E-state index in [9.17, 15) is 0 Å². The highest BCUT2D eigenvalue weighted by molar-refractivity contribution is 5.59. The number of hydrogen-bond donors (Lipinski definition) is 1. The Morgan fingerprint density at radius 2 is 2.06 bits per heavy atom. The Morgan fingerprint density at radius 3 is 2.61 bits per heavy atom. The van der Waals surface area contributed by atoms with E-state index in [-0.39, 0.29) is 0 Å². The van der Waals surface area contributed by atoms with Crippen LogP contribution in [0.25, 0.3) is 11.4 Å². The summed E-state index contributed by atoms with van der Waals surface area (Å²) in [4.78, 5) is 9.11. The van der Waals surface area contributed by atoms with E-state index >= 15 is 0 Å². The second kappa shape index (κ2) is 5.16. The second-order valence-electron chi connectivity index (χ2n) is 4.22. The molecule has 0 bridgehead atoms. The van der Waals surface area contributed by atoms with Gasteiger partial charge in [-0.15, -0.1) is 0 Å². The van der Waals surface area contributed by atoms with Crippen LogP contribution in [0.3, 0.4) is 0 Å². The third-order valence-electron chi connectivity index (χ3n) is 2.98. The van der Waals surface area contributed by atoms with Crippen LogP contribution in [-0.4, -0.2) is 26.3 Å². The van der Waals surface area contributed by atoms with E-state index in [1.54, 1.807) is 0 Å². The summed E-state index contributed by atoms with van der Waals surface area (Å²) >= 11 is 0. The van der Waals surface area contributed by atoms with Gasteiger partial charge in [0, 0.05) is 31.0 Å². The predicted octanol–water partition coefficient (Wildman–Crippen LogP) is 2.18. The monoisotopic (exact) mass is 245 g/mol. The molecule has 2 heterocycles. The fourth-order valence-corrected chi connectivity index (χ4v) is 1.79. The van der Waals surface area contributed by atoms with Gasteiger partial charge in [-0.25, -0.2) is 9.97 Å². The SMILES string of the molecule is CCNc1cc(CC)nc(-c2cnn(C)c2C)n1. The first-order valence-corrected chi connectivity index (χ1v) is 6.26. The quantitative estimate of drug-likeness (QED) is 0.897. The molecule has 2 rings (SSSR count). The highest BCUT2D eigenvalue weighted by atomic mass is 15.3. The number of anilines is 1. The van der Waals surface area contributed by atoms with Gasteiger partial charge >= 0.3 is 0 Å². The summed E-state index contributed by atoms with van der Waals surface area (Å²) in [5, 5.41) is 7.48. The lowest BCUT2D eigenvalue weighted by Crippen LogP contribution is -2.04. The van der Waals surface area contributed by atoms with Crippen molar-refractivity contribution in [3.05, 3.63) is 23.7 Å². The van der Waals surface area contributed by atoms with Crippen LogP contribution < -0.4 is 5.32 Å². The number of aryl methyl sites for hydroxylation is 2. The Morgan fingerprint density at radius 1 is 1.28 bits per heavy atom. The number of nitrogens with one attached hydrogen (secondary N) is 1. The van der Waals surface area contributed by atoms with E-state index < -0.39 is 0 Å². The molecule has 0 radical (unpaired) electrons.